The van der Waals surface area contributed by atoms with Crippen LogP contribution in [0.3, 0.4) is 0 Å². The van der Waals surface area contributed by atoms with Crippen molar-refractivity contribution in [3.05, 3.63) is 58.8 Å². The SMILES string of the molecule is CCOC(=O)CC1=CC(SCC(=O)Nc2ccc(N(CC)CC)cc2C)=Nc2cc(C)c(C)cc2N1. The molecule has 0 saturated heterocycles. The highest BCUT2D eigenvalue weighted by molar-refractivity contribution is 8.14. The second-order valence-electron chi connectivity index (χ2n) is 8.69. The summed E-state index contributed by atoms with van der Waals surface area (Å²) in [6.45, 7) is 14.3. The molecule has 192 valence electrons. The number of rotatable bonds is 9. The number of benzene rings is 2. The molecule has 0 radical (unpaired) electrons. The molecule has 1 aliphatic heterocycles. The average Bonchev–Trinajstić information content (AvgIpc) is 2.99. The summed E-state index contributed by atoms with van der Waals surface area (Å²) in [5.41, 5.74) is 7.51. The first-order chi connectivity index (χ1) is 17.2. The van der Waals surface area contributed by atoms with Crippen LogP contribution in [-0.2, 0) is 14.3 Å². The van der Waals surface area contributed by atoms with Crippen molar-refractivity contribution < 1.29 is 14.3 Å². The standard InChI is InChI=1S/C28H36N4O3S/c1-7-32(8-2)22-10-11-23(20(6)12-22)30-26(33)17-36-27-15-21(16-28(34)35-9-3)29-24-13-18(4)19(5)14-25(24)31-27/h10-15,29H,7-9,16-17H2,1-6H3,(H,30,33). The number of fused-ring (bicyclic) bond motifs is 1. The molecule has 0 atom stereocenters. The highest BCUT2D eigenvalue weighted by atomic mass is 32.2. The minimum Gasteiger partial charge on any atom is -0.466 e. The molecule has 0 aromatic heterocycles. The average molecular weight is 509 g/mol. The van der Waals surface area contributed by atoms with Crippen LogP contribution in [0, 0.1) is 20.8 Å². The van der Waals surface area contributed by atoms with Gasteiger partial charge in [0.1, 0.15) is 0 Å². The molecular formula is C28H36N4O3S. The number of nitrogens with zero attached hydrogens (tertiary/aromatic N) is 2. The van der Waals surface area contributed by atoms with E-state index in [2.05, 4.69) is 35.4 Å². The van der Waals surface area contributed by atoms with Crippen LogP contribution in [-0.4, -0.2) is 42.4 Å². The number of ether oxygens (including phenoxy) is 1. The molecule has 1 amide bonds. The van der Waals surface area contributed by atoms with Crippen molar-refractivity contribution in [3.8, 4) is 0 Å². The Balaban J connectivity index is 1.75. The summed E-state index contributed by atoms with van der Waals surface area (Å²) in [5, 5.41) is 7.01. The number of anilines is 3. The Bertz CT molecular complexity index is 1190. The van der Waals surface area contributed by atoms with E-state index in [1.54, 1.807) is 6.92 Å². The maximum Gasteiger partial charge on any atom is 0.311 e. The molecule has 0 saturated carbocycles. The van der Waals surface area contributed by atoms with Gasteiger partial charge in [-0.15, -0.1) is 0 Å². The predicted molar refractivity (Wildman–Crippen MR) is 152 cm³/mol. The highest BCUT2D eigenvalue weighted by Crippen LogP contribution is 2.34. The number of aliphatic imine (C=N–C) groups is 1. The lowest BCUT2D eigenvalue weighted by atomic mass is 10.1. The van der Waals surface area contributed by atoms with Crippen LogP contribution >= 0.6 is 11.8 Å². The van der Waals surface area contributed by atoms with Gasteiger partial charge in [0.15, 0.2) is 0 Å². The molecule has 0 aliphatic carbocycles. The lowest BCUT2D eigenvalue weighted by molar-refractivity contribution is -0.142. The molecule has 7 nitrogen and oxygen atoms in total. The smallest absolute Gasteiger partial charge is 0.311 e. The maximum absolute atomic E-state index is 12.8. The minimum absolute atomic E-state index is 0.101. The number of amides is 1. The molecule has 36 heavy (non-hydrogen) atoms. The van der Waals surface area contributed by atoms with Crippen LogP contribution in [0.15, 0.2) is 47.1 Å². The summed E-state index contributed by atoms with van der Waals surface area (Å²) in [4.78, 5) is 32.0. The fourth-order valence-electron chi connectivity index (χ4n) is 3.94. The second kappa shape index (κ2) is 12.6. The first-order valence-corrected chi connectivity index (χ1v) is 13.3. The van der Waals surface area contributed by atoms with Crippen molar-refractivity contribution in [2.45, 2.75) is 48.0 Å². The number of carbonyl (C=O) groups excluding carboxylic acids is 2. The normalized spacial score (nSPS) is 12.5. The van der Waals surface area contributed by atoms with Gasteiger partial charge in [0.05, 0.1) is 35.2 Å². The number of carbonyl (C=O) groups is 2. The molecule has 2 aromatic carbocycles. The van der Waals surface area contributed by atoms with E-state index in [1.807, 2.05) is 51.1 Å². The lowest BCUT2D eigenvalue weighted by Gasteiger charge is -2.22. The largest absolute Gasteiger partial charge is 0.466 e. The van der Waals surface area contributed by atoms with Crippen LogP contribution in [0.1, 0.15) is 43.9 Å². The summed E-state index contributed by atoms with van der Waals surface area (Å²) < 4.78 is 5.13. The Morgan fingerprint density at radius 1 is 1.03 bits per heavy atom. The summed E-state index contributed by atoms with van der Waals surface area (Å²) >= 11 is 1.34. The maximum atomic E-state index is 12.8. The van der Waals surface area contributed by atoms with Gasteiger partial charge >= 0.3 is 5.97 Å². The van der Waals surface area contributed by atoms with E-state index in [-0.39, 0.29) is 24.1 Å². The van der Waals surface area contributed by atoms with Crippen molar-refractivity contribution in [2.75, 3.05) is 41.0 Å². The lowest BCUT2D eigenvalue weighted by Crippen LogP contribution is -2.22. The molecular weight excluding hydrogens is 472 g/mol. The Kier molecular flexibility index (Phi) is 9.58. The molecule has 1 heterocycles. The third-order valence-electron chi connectivity index (χ3n) is 6.04. The van der Waals surface area contributed by atoms with Gasteiger partial charge in [0.2, 0.25) is 5.91 Å². The van der Waals surface area contributed by atoms with E-state index in [0.29, 0.717) is 17.3 Å². The van der Waals surface area contributed by atoms with Crippen LogP contribution in [0.2, 0.25) is 0 Å². The first-order valence-electron chi connectivity index (χ1n) is 12.3. The molecule has 0 fully saturated rings. The minimum atomic E-state index is -0.311. The number of thioether (sulfide) groups is 1. The number of hydrogen-bond acceptors (Lipinski definition) is 7. The summed E-state index contributed by atoms with van der Waals surface area (Å²) in [5.74, 6) is -0.229. The van der Waals surface area contributed by atoms with Gasteiger partial charge in [0.25, 0.3) is 0 Å². The fourth-order valence-corrected chi connectivity index (χ4v) is 4.68. The van der Waals surface area contributed by atoms with Crippen molar-refractivity contribution in [1.82, 2.24) is 0 Å². The van der Waals surface area contributed by atoms with Gasteiger partial charge in [-0.2, -0.15) is 0 Å². The zero-order valence-corrected chi connectivity index (χ0v) is 22.8. The number of nitrogens with one attached hydrogen (secondary N) is 2. The van der Waals surface area contributed by atoms with Crippen LogP contribution in [0.25, 0.3) is 0 Å². The number of esters is 1. The molecule has 0 unspecified atom stereocenters. The Labute approximate surface area is 218 Å². The third kappa shape index (κ3) is 7.13. The van der Waals surface area contributed by atoms with Crippen molar-refractivity contribution in [2.24, 2.45) is 4.99 Å². The van der Waals surface area contributed by atoms with Gasteiger partial charge in [0, 0.05) is 30.2 Å². The fraction of sp³-hybridized carbons (Fsp3) is 0.393. The molecule has 8 heteroatoms. The van der Waals surface area contributed by atoms with Crippen molar-refractivity contribution in [3.63, 3.8) is 0 Å². The predicted octanol–water partition coefficient (Wildman–Crippen LogP) is 6.12. The van der Waals surface area contributed by atoms with Gasteiger partial charge in [-0.3, -0.25) is 9.59 Å². The quantitative estimate of drug-likeness (QED) is 0.397. The Morgan fingerprint density at radius 3 is 2.42 bits per heavy atom. The van der Waals surface area contributed by atoms with Crippen LogP contribution < -0.4 is 15.5 Å². The Hall–Kier alpha value is -3.26. The molecule has 2 aromatic rings. The van der Waals surface area contributed by atoms with Gasteiger partial charge in [-0.05, 0) is 94.6 Å². The first kappa shape index (κ1) is 27.3. The second-order valence-corrected chi connectivity index (χ2v) is 9.68. The van der Waals surface area contributed by atoms with Gasteiger partial charge in [-0.25, -0.2) is 4.99 Å². The van der Waals surface area contributed by atoms with Crippen LogP contribution in [0.4, 0.5) is 22.7 Å². The zero-order valence-electron chi connectivity index (χ0n) is 22.0. The van der Waals surface area contributed by atoms with Crippen molar-refractivity contribution >= 4 is 51.4 Å². The summed E-state index contributed by atoms with van der Waals surface area (Å²) in [6, 6.07) is 10.1. The highest BCUT2D eigenvalue weighted by Gasteiger charge is 2.17. The zero-order chi connectivity index (χ0) is 26.2. The number of hydrogen-bond donors (Lipinski definition) is 2. The molecule has 0 bridgehead atoms. The molecule has 1 aliphatic rings. The van der Waals surface area contributed by atoms with E-state index >= 15 is 0 Å². The van der Waals surface area contributed by atoms with E-state index in [0.717, 1.165) is 52.5 Å². The monoisotopic (exact) mass is 508 g/mol. The van der Waals surface area contributed by atoms with Crippen LogP contribution in [0.5, 0.6) is 0 Å². The Morgan fingerprint density at radius 2 is 1.75 bits per heavy atom. The van der Waals surface area contributed by atoms with E-state index in [9.17, 15) is 9.59 Å². The van der Waals surface area contributed by atoms with E-state index in [1.165, 1.54) is 11.8 Å². The molecule has 0 spiro atoms. The van der Waals surface area contributed by atoms with Crippen molar-refractivity contribution in [1.29, 1.82) is 0 Å². The third-order valence-corrected chi connectivity index (χ3v) is 6.95. The topological polar surface area (TPSA) is 83.0 Å². The van der Waals surface area contributed by atoms with E-state index in [4.69, 9.17) is 9.73 Å². The number of aryl methyl sites for hydroxylation is 3. The molecule has 3 rings (SSSR count). The summed E-state index contributed by atoms with van der Waals surface area (Å²) in [7, 11) is 0. The molecule has 2 N–H and O–H groups in total. The van der Waals surface area contributed by atoms with Gasteiger partial charge < -0.3 is 20.3 Å². The summed E-state index contributed by atoms with van der Waals surface area (Å²) in [6.07, 6.45) is 1.92. The van der Waals surface area contributed by atoms with E-state index < -0.39 is 0 Å². The van der Waals surface area contributed by atoms with Gasteiger partial charge in [-0.1, -0.05) is 11.8 Å².